The fourth-order valence-corrected chi connectivity index (χ4v) is 2.16. The lowest BCUT2D eigenvalue weighted by Crippen LogP contribution is -2.22. The lowest BCUT2D eigenvalue weighted by atomic mass is 9.85. The summed E-state index contributed by atoms with van der Waals surface area (Å²) in [5, 5.41) is 0. The van der Waals surface area contributed by atoms with Crippen molar-refractivity contribution in [2.75, 3.05) is 6.54 Å². The van der Waals surface area contributed by atoms with Crippen molar-refractivity contribution in [3.05, 3.63) is 24.2 Å². The summed E-state index contributed by atoms with van der Waals surface area (Å²) < 4.78 is 5.39. The number of furan rings is 1. The Hall–Kier alpha value is -1.38. The topological polar surface area (TPSA) is 42.6 Å². The highest BCUT2D eigenvalue weighted by Crippen LogP contribution is 2.30. The maximum Gasteiger partial charge on any atom is 0.139 e. The zero-order valence-corrected chi connectivity index (χ0v) is 10.5. The van der Waals surface area contributed by atoms with E-state index in [0.29, 0.717) is 18.8 Å². The highest BCUT2D eigenvalue weighted by molar-refractivity contribution is 6.04. The van der Waals surface area contributed by atoms with Crippen LogP contribution in [0.15, 0.2) is 27.8 Å². The molecule has 2 rings (SSSR count). The Balaban J connectivity index is 2.06. The molecule has 1 aromatic rings. The largest absolute Gasteiger partial charge is 0.469 e. The molecule has 1 fully saturated rings. The van der Waals surface area contributed by atoms with Crippen molar-refractivity contribution < 1.29 is 9.21 Å². The van der Waals surface area contributed by atoms with Crippen molar-refractivity contribution in [2.24, 2.45) is 10.9 Å². The van der Waals surface area contributed by atoms with Crippen LogP contribution in [0.25, 0.3) is 0 Å². The molecule has 1 atom stereocenters. The van der Waals surface area contributed by atoms with Gasteiger partial charge in [0.2, 0.25) is 0 Å². The summed E-state index contributed by atoms with van der Waals surface area (Å²) in [4.78, 5) is 16.2. The predicted octanol–water partition coefficient (Wildman–Crippen LogP) is 3.21. The molecule has 0 spiro atoms. The Morgan fingerprint density at radius 1 is 1.47 bits per heavy atom. The summed E-state index contributed by atoms with van der Waals surface area (Å²) in [6.07, 6.45) is 3.66. The van der Waals surface area contributed by atoms with Gasteiger partial charge in [0.1, 0.15) is 11.5 Å². The molecule has 0 radical (unpaired) electrons. The molecule has 0 aliphatic heterocycles. The molecule has 1 saturated carbocycles. The number of hydrogen-bond acceptors (Lipinski definition) is 3. The highest BCUT2D eigenvalue weighted by Gasteiger charge is 2.26. The summed E-state index contributed by atoms with van der Waals surface area (Å²) in [7, 11) is 0. The number of nitrogens with zero attached hydrogens (tertiary/aromatic N) is 1. The monoisotopic (exact) mass is 233 g/mol. The van der Waals surface area contributed by atoms with Gasteiger partial charge in [0.15, 0.2) is 0 Å². The van der Waals surface area contributed by atoms with Gasteiger partial charge >= 0.3 is 0 Å². The number of carbonyl (C=O) groups is 1. The van der Waals surface area contributed by atoms with E-state index in [2.05, 4.69) is 18.8 Å². The van der Waals surface area contributed by atoms with Crippen LogP contribution in [0.4, 0.5) is 0 Å². The van der Waals surface area contributed by atoms with Gasteiger partial charge in [-0.15, -0.1) is 0 Å². The first-order chi connectivity index (χ1) is 8.15. The number of Topliss-reactive ketones (excluding diaryl/α,β-unsaturated/α-hetero) is 1. The van der Waals surface area contributed by atoms with Crippen LogP contribution in [0.2, 0.25) is 0 Å². The summed E-state index contributed by atoms with van der Waals surface area (Å²) in [6, 6.07) is 3.82. The molecule has 0 aromatic carbocycles. The number of aliphatic imine (C=N–C) groups is 1. The standard InChI is InChI=1S/C14H19NO2/c1-10(2)9-15-12-6-11(7-13(16)8-12)14-4-3-5-17-14/h3-5,10-11H,6-9H2,1-2H3/t11-/m0/s1. The van der Waals surface area contributed by atoms with E-state index in [-0.39, 0.29) is 11.7 Å². The van der Waals surface area contributed by atoms with E-state index in [1.54, 1.807) is 6.26 Å². The van der Waals surface area contributed by atoms with E-state index < -0.39 is 0 Å². The van der Waals surface area contributed by atoms with Gasteiger partial charge in [0.25, 0.3) is 0 Å². The molecule has 0 saturated heterocycles. The van der Waals surface area contributed by atoms with Gasteiger partial charge in [0.05, 0.1) is 6.26 Å². The Labute approximate surface area is 102 Å². The van der Waals surface area contributed by atoms with E-state index in [4.69, 9.17) is 4.42 Å². The normalized spacial score (nSPS) is 23.6. The second kappa shape index (κ2) is 5.30. The van der Waals surface area contributed by atoms with Crippen LogP contribution in [0, 0.1) is 5.92 Å². The van der Waals surface area contributed by atoms with Crippen molar-refractivity contribution in [1.82, 2.24) is 0 Å². The first kappa shape index (κ1) is 12.1. The van der Waals surface area contributed by atoms with Gasteiger partial charge in [-0.25, -0.2) is 0 Å². The van der Waals surface area contributed by atoms with Gasteiger partial charge in [0, 0.05) is 31.0 Å². The number of carbonyl (C=O) groups excluding carboxylic acids is 1. The van der Waals surface area contributed by atoms with Crippen LogP contribution in [-0.2, 0) is 4.79 Å². The van der Waals surface area contributed by atoms with Crippen LogP contribution in [0.3, 0.4) is 0 Å². The van der Waals surface area contributed by atoms with Crippen molar-refractivity contribution in [1.29, 1.82) is 0 Å². The van der Waals surface area contributed by atoms with Crippen molar-refractivity contribution >= 4 is 11.5 Å². The first-order valence-electron chi connectivity index (χ1n) is 6.22. The van der Waals surface area contributed by atoms with Crippen molar-refractivity contribution in [3.63, 3.8) is 0 Å². The Bertz CT molecular complexity index is 404. The third kappa shape index (κ3) is 3.29. The lowest BCUT2D eigenvalue weighted by Gasteiger charge is -2.21. The fraction of sp³-hybridized carbons (Fsp3) is 0.571. The van der Waals surface area contributed by atoms with Gasteiger partial charge in [-0.05, 0) is 24.5 Å². The summed E-state index contributed by atoms with van der Waals surface area (Å²) >= 11 is 0. The molecule has 3 heteroatoms. The quantitative estimate of drug-likeness (QED) is 0.804. The maximum absolute atomic E-state index is 11.7. The van der Waals surface area contributed by atoms with Gasteiger partial charge < -0.3 is 4.42 Å². The van der Waals surface area contributed by atoms with Crippen LogP contribution in [0.5, 0.6) is 0 Å². The number of hydrogen-bond donors (Lipinski definition) is 0. The summed E-state index contributed by atoms with van der Waals surface area (Å²) in [5.74, 6) is 1.93. The molecule has 0 N–H and O–H groups in total. The van der Waals surface area contributed by atoms with Crippen LogP contribution in [0.1, 0.15) is 44.8 Å². The molecule has 1 aliphatic rings. The molecule has 92 valence electrons. The highest BCUT2D eigenvalue weighted by atomic mass is 16.3. The fourth-order valence-electron chi connectivity index (χ4n) is 2.16. The maximum atomic E-state index is 11.7. The van der Waals surface area contributed by atoms with Crippen LogP contribution in [-0.4, -0.2) is 18.0 Å². The zero-order chi connectivity index (χ0) is 12.3. The smallest absolute Gasteiger partial charge is 0.139 e. The van der Waals surface area contributed by atoms with E-state index >= 15 is 0 Å². The molecule has 1 heterocycles. The third-order valence-corrected chi connectivity index (χ3v) is 2.98. The molecular formula is C14H19NO2. The minimum atomic E-state index is 0.192. The average molecular weight is 233 g/mol. The van der Waals surface area contributed by atoms with Gasteiger partial charge in [-0.2, -0.15) is 0 Å². The van der Waals surface area contributed by atoms with Crippen LogP contribution < -0.4 is 0 Å². The number of rotatable bonds is 3. The number of ketones is 1. The first-order valence-corrected chi connectivity index (χ1v) is 6.22. The van der Waals surface area contributed by atoms with Crippen molar-refractivity contribution in [2.45, 2.75) is 39.0 Å². The lowest BCUT2D eigenvalue weighted by molar-refractivity contribution is -0.118. The zero-order valence-electron chi connectivity index (χ0n) is 10.5. The molecular weight excluding hydrogens is 214 g/mol. The molecule has 1 aromatic heterocycles. The van der Waals surface area contributed by atoms with E-state index in [1.807, 2.05) is 12.1 Å². The van der Waals surface area contributed by atoms with Crippen molar-refractivity contribution in [3.8, 4) is 0 Å². The van der Waals surface area contributed by atoms with Gasteiger partial charge in [-0.1, -0.05) is 13.8 Å². The Morgan fingerprint density at radius 2 is 2.29 bits per heavy atom. The average Bonchev–Trinajstić information content (AvgIpc) is 2.79. The van der Waals surface area contributed by atoms with Crippen LogP contribution >= 0.6 is 0 Å². The summed E-state index contributed by atoms with van der Waals surface area (Å²) in [6.45, 7) is 5.09. The molecule has 1 aliphatic carbocycles. The minimum absolute atomic E-state index is 0.192. The molecule has 0 amide bonds. The van der Waals surface area contributed by atoms with E-state index in [0.717, 1.165) is 24.4 Å². The van der Waals surface area contributed by atoms with E-state index in [1.165, 1.54) is 0 Å². The molecule has 17 heavy (non-hydrogen) atoms. The Kier molecular flexibility index (Phi) is 3.77. The molecule has 0 unspecified atom stereocenters. The summed E-state index contributed by atoms with van der Waals surface area (Å²) in [5.41, 5.74) is 1.04. The molecule has 0 bridgehead atoms. The third-order valence-electron chi connectivity index (χ3n) is 2.98. The second-order valence-corrected chi connectivity index (χ2v) is 5.14. The predicted molar refractivity (Wildman–Crippen MR) is 67.4 cm³/mol. The van der Waals surface area contributed by atoms with Gasteiger partial charge in [-0.3, -0.25) is 9.79 Å². The molecule has 3 nitrogen and oxygen atoms in total. The minimum Gasteiger partial charge on any atom is -0.469 e. The second-order valence-electron chi connectivity index (χ2n) is 5.14. The Morgan fingerprint density at radius 3 is 2.94 bits per heavy atom. The SMILES string of the molecule is CC(C)CN=C1CC(=O)C[C@@H](c2ccco2)C1. The van der Waals surface area contributed by atoms with E-state index in [9.17, 15) is 4.79 Å².